The van der Waals surface area contributed by atoms with E-state index in [9.17, 15) is 13.2 Å². The smallest absolute Gasteiger partial charge is 0.279 e. The largest absolute Gasteiger partial charge is 0.522 e. The van der Waals surface area contributed by atoms with Gasteiger partial charge in [0, 0.05) is 19.5 Å². The Bertz CT molecular complexity index is 952. The Kier molecular flexibility index (Phi) is 18.3. The molecular weight excluding hydrogens is 674 g/mol. The van der Waals surface area contributed by atoms with Crippen LogP contribution in [0.1, 0.15) is 105 Å². The summed E-state index contributed by atoms with van der Waals surface area (Å²) in [5.74, 6) is 0. The van der Waals surface area contributed by atoms with E-state index in [0.29, 0.717) is 0 Å². The zero-order valence-electron chi connectivity index (χ0n) is 24.9. The third-order valence-corrected chi connectivity index (χ3v) is 16.5. The second kappa shape index (κ2) is 19.3. The van der Waals surface area contributed by atoms with Gasteiger partial charge in [0.05, 0.1) is 0 Å². The van der Waals surface area contributed by atoms with E-state index in [4.69, 9.17) is 13.0 Å². The summed E-state index contributed by atoms with van der Waals surface area (Å²) in [4.78, 5) is 0. The van der Waals surface area contributed by atoms with Crippen molar-refractivity contribution in [1.82, 2.24) is 0 Å². The Morgan fingerprint density at radius 3 is 1.12 bits per heavy atom. The third-order valence-electron chi connectivity index (χ3n) is 8.19. The SMILES string of the molecule is C1=C\CC/C=C\CC/1.CC[C@@H]1CC[C@@H](CC)P1c1ccccc1P1[C@H](CC)CC[C@H]1CC.O=S(=O)(O)C(F)(F)F.[Rh]. The van der Waals surface area contributed by atoms with Crippen LogP contribution in [0.15, 0.2) is 48.6 Å². The first-order chi connectivity index (χ1) is 19.0. The van der Waals surface area contributed by atoms with Crippen LogP contribution in [0.2, 0.25) is 0 Å². The monoisotopic (exact) mass is 723 g/mol. The first-order valence-corrected chi connectivity index (χ1v) is 19.4. The summed E-state index contributed by atoms with van der Waals surface area (Å²) in [5, 5.41) is 3.68. The number of rotatable bonds is 6. The Morgan fingerprint density at radius 1 is 0.683 bits per heavy atom. The molecule has 1 radical (unpaired) electrons. The van der Waals surface area contributed by atoms with Crippen LogP contribution in [-0.4, -0.2) is 41.1 Å². The number of hydrogen-bond donors (Lipinski definition) is 1. The zero-order chi connectivity index (χ0) is 29.8. The van der Waals surface area contributed by atoms with Gasteiger partial charge in [-0.2, -0.15) is 21.6 Å². The molecule has 1 aromatic carbocycles. The van der Waals surface area contributed by atoms with Gasteiger partial charge in [-0.3, -0.25) is 4.55 Å². The number of alkyl halides is 3. The average molecular weight is 724 g/mol. The van der Waals surface area contributed by atoms with Gasteiger partial charge in [-0.05, 0) is 110 Å². The fraction of sp³-hybridized carbons (Fsp3) is 0.677. The Hall–Kier alpha value is -0.117. The van der Waals surface area contributed by atoms with Crippen LogP contribution in [-0.2, 0) is 29.6 Å². The Balaban J connectivity index is 0.000000407. The van der Waals surface area contributed by atoms with Crippen LogP contribution < -0.4 is 10.6 Å². The molecule has 0 saturated carbocycles. The molecule has 41 heavy (non-hydrogen) atoms. The summed E-state index contributed by atoms with van der Waals surface area (Å²) in [7, 11) is -5.71. The molecule has 3 aliphatic rings. The molecule has 4 atom stereocenters. The molecule has 1 N–H and O–H groups in total. The first-order valence-electron chi connectivity index (χ1n) is 15.0. The summed E-state index contributed by atoms with van der Waals surface area (Å²) in [5.41, 5.74) is -1.58. The predicted molar refractivity (Wildman–Crippen MR) is 169 cm³/mol. The molecule has 1 aromatic rings. The fourth-order valence-electron chi connectivity index (χ4n) is 6.07. The summed E-state index contributed by atoms with van der Waals surface area (Å²) in [6.45, 7) is 9.74. The molecule has 10 heteroatoms. The van der Waals surface area contributed by atoms with E-state index in [-0.39, 0.29) is 35.3 Å². The van der Waals surface area contributed by atoms with Gasteiger partial charge in [0.25, 0.3) is 0 Å². The van der Waals surface area contributed by atoms with Gasteiger partial charge in [-0.25, -0.2) is 0 Å². The van der Waals surface area contributed by atoms with Crippen molar-refractivity contribution in [1.29, 1.82) is 0 Å². The van der Waals surface area contributed by atoms with Crippen LogP contribution in [0.25, 0.3) is 0 Å². The normalized spacial score (nSPS) is 26.8. The minimum absolute atomic E-state index is 0. The molecule has 2 saturated heterocycles. The molecule has 0 unspecified atom stereocenters. The maximum absolute atomic E-state index is 10.7. The molecule has 2 heterocycles. The molecular formula is C31H49F3O3P2RhS. The van der Waals surface area contributed by atoms with Gasteiger partial charge in [0.15, 0.2) is 0 Å². The van der Waals surface area contributed by atoms with Crippen LogP contribution in [0.5, 0.6) is 0 Å². The molecule has 0 bridgehead atoms. The van der Waals surface area contributed by atoms with Crippen molar-refractivity contribution in [3.05, 3.63) is 48.6 Å². The maximum Gasteiger partial charge on any atom is 0.522 e. The molecule has 2 fully saturated rings. The second-order valence-corrected chi connectivity index (χ2v) is 17.7. The molecule has 237 valence electrons. The van der Waals surface area contributed by atoms with Gasteiger partial charge in [0.1, 0.15) is 0 Å². The summed E-state index contributed by atoms with van der Waals surface area (Å²) in [6.07, 6.45) is 25.5. The van der Waals surface area contributed by atoms with E-state index >= 15 is 0 Å². The Morgan fingerprint density at radius 2 is 0.927 bits per heavy atom. The minimum Gasteiger partial charge on any atom is -0.279 e. The van der Waals surface area contributed by atoms with E-state index in [1.165, 1.54) is 77.0 Å². The molecule has 2 aliphatic heterocycles. The quantitative estimate of drug-likeness (QED) is 0.105. The van der Waals surface area contributed by atoms with E-state index < -0.39 is 15.6 Å². The zero-order valence-corrected chi connectivity index (χ0v) is 29.2. The summed E-state index contributed by atoms with van der Waals surface area (Å²) >= 11 is 0. The molecule has 4 rings (SSSR count). The van der Waals surface area contributed by atoms with Crippen LogP contribution >= 0.6 is 15.8 Å². The number of benzene rings is 1. The standard InChI is InChI=1S/C22H36P2.C8H12.CHF3O3S.Rh/c1-5-17-13-14-18(6-2)23(17)21-11-9-10-12-22(21)24-19(7-3)15-16-20(24)8-4;1-2-4-6-8-7-5-3-1;2-1(3,4)8(5,6)7;/h9-12,17-20H,5-8,13-16H2,1-4H3;1-2,7-8H,3-6H2;(H,5,6,7);/b;2-1-,8-7-;;/t17-,18-,19-,20-;;;/m1.../s1. The maximum atomic E-state index is 10.7. The van der Waals surface area contributed by atoms with Gasteiger partial charge in [-0.1, -0.05) is 92.1 Å². The fourth-order valence-corrected chi connectivity index (χ4v) is 14.0. The minimum atomic E-state index is -5.84. The molecule has 0 spiro atoms. The van der Waals surface area contributed by atoms with Crippen molar-refractivity contribution in [2.24, 2.45) is 0 Å². The van der Waals surface area contributed by atoms with Crippen LogP contribution in [0, 0.1) is 0 Å². The van der Waals surface area contributed by atoms with Crippen molar-refractivity contribution in [3.8, 4) is 0 Å². The van der Waals surface area contributed by atoms with Crippen molar-refractivity contribution in [2.75, 3.05) is 0 Å². The van der Waals surface area contributed by atoms with Crippen molar-refractivity contribution in [2.45, 2.75) is 133 Å². The van der Waals surface area contributed by atoms with E-state index in [2.05, 4.69) is 76.3 Å². The first kappa shape index (κ1) is 38.9. The van der Waals surface area contributed by atoms with Gasteiger partial charge >= 0.3 is 15.6 Å². The number of allylic oxidation sites excluding steroid dienone is 4. The number of hydrogen-bond acceptors (Lipinski definition) is 2. The van der Waals surface area contributed by atoms with E-state index in [1.807, 2.05) is 10.6 Å². The van der Waals surface area contributed by atoms with Gasteiger partial charge < -0.3 is 0 Å². The van der Waals surface area contributed by atoms with Crippen molar-refractivity contribution in [3.63, 3.8) is 0 Å². The summed E-state index contributed by atoms with van der Waals surface area (Å²) < 4.78 is 57.5. The topological polar surface area (TPSA) is 54.4 Å². The Labute approximate surface area is 262 Å². The average Bonchev–Trinajstić information content (AvgIpc) is 3.51. The van der Waals surface area contributed by atoms with Crippen LogP contribution in [0.4, 0.5) is 13.2 Å². The van der Waals surface area contributed by atoms with Crippen molar-refractivity contribution >= 4 is 36.6 Å². The predicted octanol–water partition coefficient (Wildman–Crippen LogP) is 9.67. The van der Waals surface area contributed by atoms with Gasteiger partial charge in [-0.15, -0.1) is 0 Å². The summed E-state index contributed by atoms with van der Waals surface area (Å²) in [6, 6.07) is 9.79. The second-order valence-electron chi connectivity index (χ2n) is 10.7. The molecule has 1 aliphatic carbocycles. The molecule has 0 aromatic heterocycles. The molecule has 3 nitrogen and oxygen atoms in total. The number of halogens is 3. The molecule has 0 amide bonds. The van der Waals surface area contributed by atoms with E-state index in [1.54, 1.807) is 0 Å². The van der Waals surface area contributed by atoms with Crippen LogP contribution in [0.3, 0.4) is 0 Å². The van der Waals surface area contributed by atoms with Gasteiger partial charge in [0.2, 0.25) is 0 Å². The van der Waals surface area contributed by atoms with E-state index in [0.717, 1.165) is 22.6 Å². The van der Waals surface area contributed by atoms with Crippen molar-refractivity contribution < 1.29 is 45.6 Å². The third kappa shape index (κ3) is 11.7.